The predicted molar refractivity (Wildman–Crippen MR) is 61.5 cm³/mol. The summed E-state index contributed by atoms with van der Waals surface area (Å²) in [6.07, 6.45) is 0. The second-order valence-corrected chi connectivity index (χ2v) is 7.15. The fraction of sp³-hybridized carbons (Fsp3) is 0. The van der Waals surface area contributed by atoms with E-state index in [0.717, 1.165) is 6.07 Å². The number of halogens is 2. The van der Waals surface area contributed by atoms with Crippen molar-refractivity contribution in [1.82, 2.24) is 0 Å². The number of benzene rings is 1. The first-order valence-electron chi connectivity index (χ1n) is 3.47. The average Bonchev–Trinajstić information content (AvgIpc) is 1.97. The standard InChI is InChI=1S/C6H4Br2O6S2/c7-3-1-4(8)6(16(12,13)14)2-5(3)15(9,10)11/h1-2H,(H,9,10,11)(H,12,13,14). The molecule has 2 N–H and O–H groups in total. The van der Waals surface area contributed by atoms with Gasteiger partial charge in [0.1, 0.15) is 9.79 Å². The van der Waals surface area contributed by atoms with E-state index in [0.29, 0.717) is 6.07 Å². The number of hydrogen-bond acceptors (Lipinski definition) is 4. The van der Waals surface area contributed by atoms with Gasteiger partial charge in [0.2, 0.25) is 0 Å². The fourth-order valence-corrected chi connectivity index (χ4v) is 4.35. The molecular formula is C6H4Br2O6S2. The van der Waals surface area contributed by atoms with Gasteiger partial charge in [-0.05, 0) is 44.0 Å². The van der Waals surface area contributed by atoms with Gasteiger partial charge in [0.05, 0.1) is 0 Å². The average molecular weight is 396 g/mol. The van der Waals surface area contributed by atoms with E-state index in [4.69, 9.17) is 9.11 Å². The second-order valence-electron chi connectivity index (χ2n) is 2.66. The molecule has 0 aliphatic rings. The highest BCUT2D eigenvalue weighted by Crippen LogP contribution is 2.31. The molecule has 0 amide bonds. The Kier molecular flexibility index (Phi) is 3.82. The number of hydrogen-bond donors (Lipinski definition) is 2. The normalized spacial score (nSPS) is 12.8. The molecule has 0 fully saturated rings. The van der Waals surface area contributed by atoms with Gasteiger partial charge in [-0.15, -0.1) is 0 Å². The van der Waals surface area contributed by atoms with Gasteiger partial charge < -0.3 is 0 Å². The van der Waals surface area contributed by atoms with E-state index in [1.165, 1.54) is 0 Å². The second kappa shape index (κ2) is 4.35. The van der Waals surface area contributed by atoms with Gasteiger partial charge in [-0.3, -0.25) is 9.11 Å². The third-order valence-corrected chi connectivity index (χ3v) is 5.17. The van der Waals surface area contributed by atoms with Crippen LogP contribution in [0, 0.1) is 0 Å². The van der Waals surface area contributed by atoms with Gasteiger partial charge in [-0.2, -0.15) is 16.8 Å². The molecule has 0 saturated carbocycles. The molecule has 0 heterocycles. The van der Waals surface area contributed by atoms with Crippen LogP contribution in [0.3, 0.4) is 0 Å². The highest BCUT2D eigenvalue weighted by Gasteiger charge is 2.22. The Balaban J connectivity index is 3.72. The van der Waals surface area contributed by atoms with Crippen molar-refractivity contribution in [2.24, 2.45) is 0 Å². The van der Waals surface area contributed by atoms with Crippen LogP contribution in [0.2, 0.25) is 0 Å². The maximum absolute atomic E-state index is 10.9. The molecule has 0 aromatic heterocycles. The molecule has 0 unspecified atom stereocenters. The van der Waals surface area contributed by atoms with Crippen LogP contribution < -0.4 is 0 Å². The Bertz CT molecular complexity index is 580. The maximum atomic E-state index is 10.9. The van der Waals surface area contributed by atoms with E-state index in [2.05, 4.69) is 31.9 Å². The summed E-state index contributed by atoms with van der Waals surface area (Å²) in [7, 11) is -9.15. The van der Waals surface area contributed by atoms with E-state index >= 15 is 0 Å². The highest BCUT2D eigenvalue weighted by molar-refractivity contribution is 9.11. The molecule has 1 aromatic rings. The molecule has 0 aliphatic heterocycles. The third-order valence-electron chi connectivity index (χ3n) is 1.54. The van der Waals surface area contributed by atoms with Crippen molar-refractivity contribution in [2.75, 3.05) is 0 Å². The minimum Gasteiger partial charge on any atom is -0.282 e. The molecule has 0 saturated heterocycles. The zero-order chi connectivity index (χ0) is 12.7. The van der Waals surface area contributed by atoms with Crippen molar-refractivity contribution in [3.8, 4) is 0 Å². The summed E-state index contributed by atoms with van der Waals surface area (Å²) in [4.78, 5) is -1.30. The summed E-state index contributed by atoms with van der Waals surface area (Å²) in [6, 6.07) is 1.73. The molecule has 6 nitrogen and oxygen atoms in total. The summed E-state index contributed by atoms with van der Waals surface area (Å²) >= 11 is 5.68. The zero-order valence-electron chi connectivity index (χ0n) is 7.25. The Morgan fingerprint density at radius 2 is 1.12 bits per heavy atom. The summed E-state index contributed by atoms with van der Waals surface area (Å²) < 4.78 is 61.0. The van der Waals surface area contributed by atoms with Gasteiger partial charge in [-0.1, -0.05) is 0 Å². The van der Waals surface area contributed by atoms with Crippen molar-refractivity contribution in [3.63, 3.8) is 0 Å². The van der Waals surface area contributed by atoms with Crippen LogP contribution >= 0.6 is 31.9 Å². The van der Waals surface area contributed by atoms with Crippen LogP contribution in [0.4, 0.5) is 0 Å². The largest absolute Gasteiger partial charge is 0.295 e. The van der Waals surface area contributed by atoms with Crippen LogP contribution in [0.5, 0.6) is 0 Å². The van der Waals surface area contributed by atoms with E-state index in [1.807, 2.05) is 0 Å². The first-order chi connectivity index (χ1) is 7.03. The van der Waals surface area contributed by atoms with Gasteiger partial charge in [0.15, 0.2) is 0 Å². The molecule has 0 atom stereocenters. The van der Waals surface area contributed by atoms with Crippen LogP contribution in [0.25, 0.3) is 0 Å². The molecule has 16 heavy (non-hydrogen) atoms. The lowest BCUT2D eigenvalue weighted by Gasteiger charge is -2.05. The molecule has 1 aromatic carbocycles. The van der Waals surface area contributed by atoms with E-state index in [9.17, 15) is 16.8 Å². The van der Waals surface area contributed by atoms with E-state index in [-0.39, 0.29) is 8.95 Å². The first kappa shape index (κ1) is 14.1. The lowest BCUT2D eigenvalue weighted by molar-refractivity contribution is 0.480. The summed E-state index contributed by atoms with van der Waals surface area (Å²) in [5, 5.41) is 0. The Morgan fingerprint density at radius 3 is 1.38 bits per heavy atom. The summed E-state index contributed by atoms with van der Waals surface area (Å²) in [6.45, 7) is 0. The smallest absolute Gasteiger partial charge is 0.282 e. The lowest BCUT2D eigenvalue weighted by Crippen LogP contribution is -2.05. The fourth-order valence-electron chi connectivity index (χ4n) is 0.906. The molecular weight excluding hydrogens is 392 g/mol. The Morgan fingerprint density at radius 1 is 0.812 bits per heavy atom. The van der Waals surface area contributed by atoms with Crippen LogP contribution in [0.1, 0.15) is 0 Å². The molecule has 0 radical (unpaired) electrons. The topological polar surface area (TPSA) is 109 Å². The third kappa shape index (κ3) is 3.02. The minimum absolute atomic E-state index is 0.0331. The Hall–Kier alpha value is -0.000000000000000222. The quantitative estimate of drug-likeness (QED) is 0.737. The van der Waals surface area contributed by atoms with Crippen molar-refractivity contribution in [1.29, 1.82) is 0 Å². The molecule has 1 rings (SSSR count). The van der Waals surface area contributed by atoms with Crippen molar-refractivity contribution in [3.05, 3.63) is 21.1 Å². The van der Waals surface area contributed by atoms with Gasteiger partial charge in [0, 0.05) is 8.95 Å². The number of rotatable bonds is 2. The van der Waals surface area contributed by atoms with Crippen LogP contribution in [0.15, 0.2) is 30.9 Å². The molecule has 0 aliphatic carbocycles. The molecule has 0 spiro atoms. The summed E-state index contributed by atoms with van der Waals surface area (Å²) in [5.41, 5.74) is 0. The van der Waals surface area contributed by atoms with E-state index < -0.39 is 30.0 Å². The molecule has 90 valence electrons. The van der Waals surface area contributed by atoms with Gasteiger partial charge in [-0.25, -0.2) is 0 Å². The predicted octanol–water partition coefficient (Wildman–Crippen LogP) is 1.71. The van der Waals surface area contributed by atoms with Gasteiger partial charge in [0.25, 0.3) is 20.2 Å². The van der Waals surface area contributed by atoms with Crippen LogP contribution in [-0.2, 0) is 20.2 Å². The zero-order valence-corrected chi connectivity index (χ0v) is 12.1. The maximum Gasteiger partial charge on any atom is 0.295 e. The lowest BCUT2D eigenvalue weighted by atomic mass is 10.4. The van der Waals surface area contributed by atoms with Crippen molar-refractivity contribution in [2.45, 2.75) is 9.79 Å². The minimum atomic E-state index is -4.58. The SMILES string of the molecule is O=S(=O)(O)c1cc(S(=O)(=O)O)c(Br)cc1Br. The summed E-state index contributed by atoms with van der Waals surface area (Å²) in [5.74, 6) is 0. The van der Waals surface area contributed by atoms with Gasteiger partial charge >= 0.3 is 0 Å². The Labute approximate surface area is 108 Å². The van der Waals surface area contributed by atoms with Crippen molar-refractivity contribution < 1.29 is 25.9 Å². The highest BCUT2D eigenvalue weighted by atomic mass is 79.9. The first-order valence-corrected chi connectivity index (χ1v) is 7.94. The molecule has 0 bridgehead atoms. The van der Waals surface area contributed by atoms with Crippen molar-refractivity contribution >= 4 is 52.1 Å². The van der Waals surface area contributed by atoms with E-state index in [1.54, 1.807) is 0 Å². The van der Waals surface area contributed by atoms with Crippen LogP contribution in [-0.4, -0.2) is 25.9 Å². The molecule has 10 heteroatoms. The monoisotopic (exact) mass is 394 g/mol.